The lowest BCUT2D eigenvalue weighted by Gasteiger charge is -2.19. The van der Waals surface area contributed by atoms with E-state index in [1.54, 1.807) is 20.8 Å². The van der Waals surface area contributed by atoms with Crippen LogP contribution in [-0.2, 0) is 16.1 Å². The summed E-state index contributed by atoms with van der Waals surface area (Å²) in [5.41, 5.74) is 1.26. The Morgan fingerprint density at radius 2 is 1.96 bits per heavy atom. The van der Waals surface area contributed by atoms with Crippen molar-refractivity contribution in [3.05, 3.63) is 29.7 Å². The van der Waals surface area contributed by atoms with Crippen molar-refractivity contribution >= 4 is 17.6 Å². The average Bonchev–Trinajstić information content (AvgIpc) is 2.85. The highest BCUT2D eigenvalue weighted by Crippen LogP contribution is 2.07. The number of hydrogen-bond acceptors (Lipinski definition) is 5. The zero-order valence-electron chi connectivity index (χ0n) is 14.4. The molecule has 0 saturated carbocycles. The van der Waals surface area contributed by atoms with Crippen molar-refractivity contribution in [3.63, 3.8) is 0 Å². The minimum atomic E-state index is -0.556. The van der Waals surface area contributed by atoms with Gasteiger partial charge in [-0.15, -0.1) is 10.2 Å². The Bertz CT molecular complexity index is 733. The fraction of sp³-hybridized carbons (Fsp3) is 0.500. The minimum Gasteiger partial charge on any atom is -0.444 e. The Labute approximate surface area is 140 Å². The predicted molar refractivity (Wildman–Crippen MR) is 88.4 cm³/mol. The molecular formula is C16H23N5O3. The molecule has 2 aromatic rings. The highest BCUT2D eigenvalue weighted by Gasteiger charge is 2.16. The number of rotatable bonds is 5. The van der Waals surface area contributed by atoms with Gasteiger partial charge in [-0.2, -0.15) is 0 Å². The number of alkyl carbamates (subject to hydrolysis) is 1. The van der Waals surface area contributed by atoms with Gasteiger partial charge in [0.05, 0.1) is 6.54 Å². The summed E-state index contributed by atoms with van der Waals surface area (Å²) < 4.78 is 6.94. The Kier molecular flexibility index (Phi) is 5.38. The summed E-state index contributed by atoms with van der Waals surface area (Å²) in [6.45, 7) is 7.80. The number of nitrogens with one attached hydrogen (secondary N) is 2. The zero-order valence-corrected chi connectivity index (χ0v) is 14.4. The standard InChI is InChI=1S/C16H23N5O3/c1-11-5-6-12-19-20-13(21(12)10-11)9-18-14(22)7-8-17-15(23)24-16(2,3)4/h5-6,10H,7-9H2,1-4H3,(H,17,23)(H,18,22). The molecule has 2 heterocycles. The van der Waals surface area contributed by atoms with Crippen LogP contribution >= 0.6 is 0 Å². The van der Waals surface area contributed by atoms with Crippen LogP contribution in [0.1, 0.15) is 38.6 Å². The SMILES string of the molecule is Cc1ccc2nnc(CNC(=O)CCNC(=O)OC(C)(C)C)n2c1. The third kappa shape index (κ3) is 5.22. The topological polar surface area (TPSA) is 97.6 Å². The Morgan fingerprint density at radius 1 is 1.21 bits per heavy atom. The van der Waals surface area contributed by atoms with E-state index in [0.717, 1.165) is 11.2 Å². The molecule has 0 aliphatic heterocycles. The molecule has 0 radical (unpaired) electrons. The van der Waals surface area contributed by atoms with Crippen LogP contribution in [0, 0.1) is 6.92 Å². The van der Waals surface area contributed by atoms with Crippen LogP contribution in [0.5, 0.6) is 0 Å². The van der Waals surface area contributed by atoms with E-state index in [1.165, 1.54) is 0 Å². The van der Waals surface area contributed by atoms with Crippen LogP contribution in [-0.4, -0.2) is 38.7 Å². The van der Waals surface area contributed by atoms with E-state index in [-0.39, 0.29) is 25.4 Å². The van der Waals surface area contributed by atoms with Crippen molar-refractivity contribution in [2.45, 2.75) is 46.3 Å². The molecule has 2 amide bonds. The maximum absolute atomic E-state index is 11.8. The van der Waals surface area contributed by atoms with Gasteiger partial charge < -0.3 is 15.4 Å². The number of amides is 2. The molecule has 0 unspecified atom stereocenters. The van der Waals surface area contributed by atoms with Gasteiger partial charge in [0.1, 0.15) is 5.60 Å². The number of nitrogens with zero attached hydrogens (tertiary/aromatic N) is 3. The maximum atomic E-state index is 11.8. The van der Waals surface area contributed by atoms with Gasteiger partial charge in [-0.25, -0.2) is 4.79 Å². The van der Waals surface area contributed by atoms with E-state index in [4.69, 9.17) is 4.74 Å². The largest absolute Gasteiger partial charge is 0.444 e. The van der Waals surface area contributed by atoms with Gasteiger partial charge in [0, 0.05) is 19.2 Å². The normalized spacial score (nSPS) is 11.3. The number of aromatic nitrogens is 3. The summed E-state index contributed by atoms with van der Waals surface area (Å²) in [7, 11) is 0. The lowest BCUT2D eigenvalue weighted by molar-refractivity contribution is -0.121. The van der Waals surface area contributed by atoms with Crippen molar-refractivity contribution in [1.82, 2.24) is 25.2 Å². The smallest absolute Gasteiger partial charge is 0.407 e. The third-order valence-electron chi connectivity index (χ3n) is 3.08. The van der Waals surface area contributed by atoms with E-state index in [0.29, 0.717) is 5.82 Å². The lowest BCUT2D eigenvalue weighted by Crippen LogP contribution is -2.35. The molecule has 8 nitrogen and oxygen atoms in total. The number of hydrogen-bond donors (Lipinski definition) is 2. The zero-order chi connectivity index (χ0) is 17.7. The Balaban J connectivity index is 1.77. The third-order valence-corrected chi connectivity index (χ3v) is 3.08. The van der Waals surface area contributed by atoms with Crippen LogP contribution < -0.4 is 10.6 Å². The van der Waals surface area contributed by atoms with E-state index in [1.807, 2.05) is 29.7 Å². The van der Waals surface area contributed by atoms with Crippen LogP contribution in [0.15, 0.2) is 18.3 Å². The maximum Gasteiger partial charge on any atom is 0.407 e. The molecule has 0 aromatic carbocycles. The van der Waals surface area contributed by atoms with Gasteiger partial charge in [0.2, 0.25) is 5.91 Å². The van der Waals surface area contributed by atoms with E-state index in [2.05, 4.69) is 20.8 Å². The molecule has 2 N–H and O–H groups in total. The molecule has 8 heteroatoms. The molecule has 130 valence electrons. The fourth-order valence-corrected chi connectivity index (χ4v) is 2.02. The quantitative estimate of drug-likeness (QED) is 0.865. The van der Waals surface area contributed by atoms with Crippen LogP contribution in [0.3, 0.4) is 0 Å². The van der Waals surface area contributed by atoms with Crippen LogP contribution in [0.25, 0.3) is 5.65 Å². The molecule has 0 bridgehead atoms. The molecular weight excluding hydrogens is 310 g/mol. The highest BCUT2D eigenvalue weighted by molar-refractivity contribution is 5.77. The monoisotopic (exact) mass is 333 g/mol. The van der Waals surface area contributed by atoms with Crippen LogP contribution in [0.4, 0.5) is 4.79 Å². The Hall–Kier alpha value is -2.64. The summed E-state index contributed by atoms with van der Waals surface area (Å²) in [6.07, 6.45) is 1.55. The first-order chi connectivity index (χ1) is 11.2. The van der Waals surface area contributed by atoms with Gasteiger partial charge >= 0.3 is 6.09 Å². The number of ether oxygens (including phenoxy) is 1. The highest BCUT2D eigenvalue weighted by atomic mass is 16.6. The van der Waals surface area contributed by atoms with Gasteiger partial charge in [-0.3, -0.25) is 9.20 Å². The molecule has 0 saturated heterocycles. The van der Waals surface area contributed by atoms with Gasteiger partial charge in [0.25, 0.3) is 0 Å². The molecule has 0 fully saturated rings. The number of carbonyl (C=O) groups is 2. The minimum absolute atomic E-state index is 0.162. The van der Waals surface area contributed by atoms with E-state index in [9.17, 15) is 9.59 Å². The first kappa shape index (κ1) is 17.7. The molecule has 0 spiro atoms. The molecule has 24 heavy (non-hydrogen) atoms. The van der Waals surface area contributed by atoms with Gasteiger partial charge in [-0.1, -0.05) is 6.07 Å². The predicted octanol–water partition coefficient (Wildman–Crippen LogP) is 1.57. The van der Waals surface area contributed by atoms with Crippen molar-refractivity contribution in [2.24, 2.45) is 0 Å². The summed E-state index contributed by atoms with van der Waals surface area (Å²) in [5.74, 6) is 0.470. The second-order valence-corrected chi connectivity index (χ2v) is 6.51. The van der Waals surface area contributed by atoms with Gasteiger partial charge in [-0.05, 0) is 39.3 Å². The average molecular weight is 333 g/mol. The molecule has 2 rings (SSSR count). The van der Waals surface area contributed by atoms with Gasteiger partial charge in [0.15, 0.2) is 11.5 Å². The fourth-order valence-electron chi connectivity index (χ4n) is 2.02. The number of fused-ring (bicyclic) bond motifs is 1. The first-order valence-corrected chi connectivity index (χ1v) is 7.78. The summed E-state index contributed by atoms with van der Waals surface area (Å²) in [4.78, 5) is 23.3. The van der Waals surface area contributed by atoms with Crippen molar-refractivity contribution < 1.29 is 14.3 Å². The molecule has 0 atom stereocenters. The van der Waals surface area contributed by atoms with E-state index >= 15 is 0 Å². The van der Waals surface area contributed by atoms with E-state index < -0.39 is 11.7 Å². The second-order valence-electron chi connectivity index (χ2n) is 6.51. The second kappa shape index (κ2) is 7.29. The lowest BCUT2D eigenvalue weighted by atomic mass is 10.2. The number of pyridine rings is 1. The van der Waals surface area contributed by atoms with Crippen LogP contribution in [0.2, 0.25) is 0 Å². The summed E-state index contributed by atoms with van der Waals surface area (Å²) in [5, 5.41) is 13.4. The first-order valence-electron chi connectivity index (χ1n) is 7.78. The molecule has 2 aromatic heterocycles. The molecule has 0 aliphatic carbocycles. The Morgan fingerprint density at radius 3 is 2.67 bits per heavy atom. The van der Waals surface area contributed by atoms with Crippen molar-refractivity contribution in [1.29, 1.82) is 0 Å². The summed E-state index contributed by atoms with van der Waals surface area (Å²) >= 11 is 0. The van der Waals surface area contributed by atoms with Crippen molar-refractivity contribution in [2.75, 3.05) is 6.54 Å². The molecule has 0 aliphatic rings. The van der Waals surface area contributed by atoms with Crippen molar-refractivity contribution in [3.8, 4) is 0 Å². The number of aryl methyl sites for hydroxylation is 1. The summed E-state index contributed by atoms with van der Waals surface area (Å²) in [6, 6.07) is 3.83. The number of carbonyl (C=O) groups excluding carboxylic acids is 2.